The van der Waals surface area contributed by atoms with Crippen LogP contribution in [0.1, 0.15) is 19.4 Å². The molecular formula is C14H16N4O3. The van der Waals surface area contributed by atoms with Crippen LogP contribution in [0.3, 0.4) is 0 Å². The molecule has 1 aliphatic heterocycles. The van der Waals surface area contributed by atoms with Gasteiger partial charge >= 0.3 is 5.97 Å². The van der Waals surface area contributed by atoms with Crippen LogP contribution in [0.5, 0.6) is 5.75 Å². The Morgan fingerprint density at radius 2 is 2.29 bits per heavy atom. The number of aromatic nitrogens is 4. The Kier molecular flexibility index (Phi) is 3.12. The summed E-state index contributed by atoms with van der Waals surface area (Å²) in [5, 5.41) is 20.8. The lowest BCUT2D eigenvalue weighted by Gasteiger charge is -2.19. The second kappa shape index (κ2) is 4.83. The highest BCUT2D eigenvalue weighted by molar-refractivity contribution is 5.73. The van der Waals surface area contributed by atoms with Gasteiger partial charge in [-0.25, -0.2) is 4.68 Å². The van der Waals surface area contributed by atoms with Crippen LogP contribution in [-0.4, -0.2) is 37.9 Å². The highest BCUT2D eigenvalue weighted by atomic mass is 16.5. The maximum atomic E-state index is 11.2. The number of carboxylic acid groups (broad SMARTS) is 1. The third-order valence-corrected chi connectivity index (χ3v) is 3.60. The molecule has 0 atom stereocenters. The van der Waals surface area contributed by atoms with Crippen LogP contribution in [0.2, 0.25) is 0 Å². The number of nitrogens with zero attached hydrogens (tertiary/aromatic N) is 4. The van der Waals surface area contributed by atoms with Gasteiger partial charge in [-0.05, 0) is 48.0 Å². The molecule has 2 aromatic rings. The molecule has 0 saturated heterocycles. The van der Waals surface area contributed by atoms with Crippen molar-refractivity contribution in [3.05, 3.63) is 23.8 Å². The zero-order chi connectivity index (χ0) is 15.0. The number of carbonyl (C=O) groups is 1. The molecule has 0 amide bonds. The van der Waals surface area contributed by atoms with Crippen molar-refractivity contribution in [3.8, 4) is 17.1 Å². The average Bonchev–Trinajstić information content (AvgIpc) is 3.05. The van der Waals surface area contributed by atoms with Gasteiger partial charge in [-0.3, -0.25) is 4.79 Å². The molecule has 3 rings (SSSR count). The van der Waals surface area contributed by atoms with Crippen molar-refractivity contribution >= 4 is 5.97 Å². The summed E-state index contributed by atoms with van der Waals surface area (Å²) in [5.41, 5.74) is 1.05. The molecule has 7 nitrogen and oxygen atoms in total. The molecule has 7 heteroatoms. The molecule has 1 aromatic carbocycles. The van der Waals surface area contributed by atoms with Crippen LogP contribution >= 0.6 is 0 Å². The second-order valence-electron chi connectivity index (χ2n) is 5.77. The summed E-state index contributed by atoms with van der Waals surface area (Å²) in [6.07, 6.45) is 0.866. The number of carboxylic acids is 1. The van der Waals surface area contributed by atoms with Gasteiger partial charge in [-0.1, -0.05) is 0 Å². The molecule has 0 bridgehead atoms. The predicted octanol–water partition coefficient (Wildman–Crippen LogP) is 1.39. The summed E-state index contributed by atoms with van der Waals surface area (Å²) in [6.45, 7) is 4.20. The number of rotatable bonds is 4. The van der Waals surface area contributed by atoms with Crippen LogP contribution in [0, 0.1) is 5.41 Å². The lowest BCUT2D eigenvalue weighted by Crippen LogP contribution is -2.30. The maximum absolute atomic E-state index is 11.2. The van der Waals surface area contributed by atoms with E-state index in [-0.39, 0.29) is 6.54 Å². The van der Waals surface area contributed by atoms with Gasteiger partial charge in [0.05, 0.1) is 18.6 Å². The molecule has 0 aliphatic carbocycles. The molecule has 0 fully saturated rings. The minimum atomic E-state index is -0.941. The summed E-state index contributed by atoms with van der Waals surface area (Å²) in [6, 6.07) is 5.79. The van der Waals surface area contributed by atoms with Crippen molar-refractivity contribution in [1.29, 1.82) is 0 Å². The largest absolute Gasteiger partial charge is 0.493 e. The van der Waals surface area contributed by atoms with Crippen molar-refractivity contribution in [1.82, 2.24) is 20.2 Å². The topological polar surface area (TPSA) is 90.1 Å². The van der Waals surface area contributed by atoms with Crippen molar-refractivity contribution in [3.63, 3.8) is 0 Å². The molecule has 21 heavy (non-hydrogen) atoms. The minimum Gasteiger partial charge on any atom is -0.493 e. The van der Waals surface area contributed by atoms with Crippen molar-refractivity contribution in [2.24, 2.45) is 5.41 Å². The quantitative estimate of drug-likeness (QED) is 0.914. The highest BCUT2D eigenvalue weighted by Gasteiger charge is 2.29. The Morgan fingerprint density at radius 1 is 1.48 bits per heavy atom. The van der Waals surface area contributed by atoms with Gasteiger partial charge < -0.3 is 9.84 Å². The van der Waals surface area contributed by atoms with Gasteiger partial charge in [0, 0.05) is 12.0 Å². The fraction of sp³-hybridized carbons (Fsp3) is 0.429. The molecule has 1 aromatic heterocycles. The van der Waals surface area contributed by atoms with E-state index in [4.69, 9.17) is 4.74 Å². The minimum absolute atomic E-state index is 0.207. The van der Waals surface area contributed by atoms with E-state index in [9.17, 15) is 9.90 Å². The Hall–Kier alpha value is -2.44. The maximum Gasteiger partial charge on any atom is 0.310 e. The van der Waals surface area contributed by atoms with Crippen LogP contribution in [-0.2, 0) is 17.8 Å². The normalized spacial score (nSPS) is 13.8. The number of ether oxygens (including phenoxy) is 1. The first-order valence-corrected chi connectivity index (χ1v) is 6.73. The molecule has 1 N–H and O–H groups in total. The van der Waals surface area contributed by atoms with Gasteiger partial charge in [-0.15, -0.1) is 5.10 Å². The molecule has 0 saturated carbocycles. The average molecular weight is 288 g/mol. The van der Waals surface area contributed by atoms with Gasteiger partial charge in [-0.2, -0.15) is 0 Å². The molecule has 110 valence electrons. The van der Waals surface area contributed by atoms with Gasteiger partial charge in [0.25, 0.3) is 0 Å². The van der Waals surface area contributed by atoms with Crippen molar-refractivity contribution < 1.29 is 14.6 Å². The first kappa shape index (κ1) is 13.5. The van der Waals surface area contributed by atoms with E-state index in [0.29, 0.717) is 12.4 Å². The van der Waals surface area contributed by atoms with E-state index in [1.807, 2.05) is 18.2 Å². The number of fused-ring (bicyclic) bond motifs is 1. The first-order chi connectivity index (χ1) is 9.97. The van der Waals surface area contributed by atoms with Crippen molar-refractivity contribution in [2.45, 2.75) is 26.8 Å². The summed E-state index contributed by atoms with van der Waals surface area (Å²) >= 11 is 0. The fourth-order valence-corrected chi connectivity index (χ4v) is 2.29. The molecule has 0 unspecified atom stereocenters. The second-order valence-corrected chi connectivity index (χ2v) is 5.77. The lowest BCUT2D eigenvalue weighted by atomic mass is 9.94. The Morgan fingerprint density at radius 3 is 3.05 bits per heavy atom. The summed E-state index contributed by atoms with van der Waals surface area (Å²) in [4.78, 5) is 11.2. The van der Waals surface area contributed by atoms with Gasteiger partial charge in [0.15, 0.2) is 5.82 Å². The van der Waals surface area contributed by atoms with Gasteiger partial charge in [0.1, 0.15) is 5.75 Å². The summed E-state index contributed by atoms with van der Waals surface area (Å²) in [5.74, 6) is 0.578. The predicted molar refractivity (Wildman–Crippen MR) is 73.9 cm³/mol. The van der Waals surface area contributed by atoms with Crippen molar-refractivity contribution in [2.75, 3.05) is 6.61 Å². The van der Waals surface area contributed by atoms with E-state index >= 15 is 0 Å². The van der Waals surface area contributed by atoms with Gasteiger partial charge in [0.2, 0.25) is 0 Å². The summed E-state index contributed by atoms with van der Waals surface area (Å²) < 4.78 is 7.01. The molecule has 0 spiro atoms. The third kappa shape index (κ3) is 2.46. The molecule has 2 heterocycles. The first-order valence-electron chi connectivity index (χ1n) is 6.73. The van der Waals surface area contributed by atoms with Crippen LogP contribution in [0.25, 0.3) is 11.4 Å². The van der Waals surface area contributed by atoms with E-state index in [0.717, 1.165) is 23.3 Å². The standard InChI is InChI=1S/C14H16N4O3/c1-14(2,13(19)20)8-18-12(15-16-17-18)10-3-4-11-9(7-10)5-6-21-11/h3-4,7H,5-6,8H2,1-2H3,(H,19,20). The monoisotopic (exact) mass is 288 g/mol. The molecule has 0 radical (unpaired) electrons. The van der Waals surface area contributed by atoms with Crippen LogP contribution in [0.15, 0.2) is 18.2 Å². The number of aliphatic carboxylic acids is 1. The number of hydrogen-bond donors (Lipinski definition) is 1. The summed E-state index contributed by atoms with van der Waals surface area (Å²) in [7, 11) is 0. The third-order valence-electron chi connectivity index (χ3n) is 3.60. The van der Waals surface area contributed by atoms with Crippen LogP contribution < -0.4 is 4.74 Å². The highest BCUT2D eigenvalue weighted by Crippen LogP contribution is 2.30. The molecular weight excluding hydrogens is 272 g/mol. The molecule has 1 aliphatic rings. The van der Waals surface area contributed by atoms with E-state index < -0.39 is 11.4 Å². The Labute approximate surface area is 121 Å². The number of hydrogen-bond acceptors (Lipinski definition) is 5. The smallest absolute Gasteiger partial charge is 0.310 e. The zero-order valence-electron chi connectivity index (χ0n) is 11.9. The number of tetrazole rings is 1. The van der Waals surface area contributed by atoms with E-state index in [1.165, 1.54) is 4.68 Å². The fourth-order valence-electron chi connectivity index (χ4n) is 2.29. The SMILES string of the molecule is CC(C)(Cn1nnnc1-c1ccc2c(c1)CCO2)C(=O)O. The van der Waals surface area contributed by atoms with E-state index in [1.54, 1.807) is 13.8 Å². The zero-order valence-corrected chi connectivity index (χ0v) is 11.9. The lowest BCUT2D eigenvalue weighted by molar-refractivity contribution is -0.147. The Balaban J connectivity index is 1.94. The van der Waals surface area contributed by atoms with E-state index in [2.05, 4.69) is 15.5 Å². The Bertz CT molecular complexity index is 693. The number of benzene rings is 1. The van der Waals surface area contributed by atoms with Crippen LogP contribution in [0.4, 0.5) is 0 Å².